The molecule has 2 aromatic carbocycles. The van der Waals surface area contributed by atoms with Gasteiger partial charge in [-0.15, -0.1) is 0 Å². The molecule has 544 valence electrons. The molecule has 0 bridgehead atoms. The van der Waals surface area contributed by atoms with Crippen molar-refractivity contribution in [2.24, 2.45) is 20.7 Å². The third kappa shape index (κ3) is 32.0. The van der Waals surface area contributed by atoms with Crippen LogP contribution in [0.4, 0.5) is 0 Å². The number of ether oxygens (including phenoxy) is 6. The van der Waals surface area contributed by atoms with Gasteiger partial charge in [-0.25, -0.2) is 19.6 Å². The molecule has 5 rings (SSSR count). The van der Waals surface area contributed by atoms with E-state index in [1.165, 1.54) is 257 Å². The lowest BCUT2D eigenvalue weighted by Gasteiger charge is -2.30. The predicted octanol–water partition coefficient (Wildman–Crippen LogP) is 19.8. The molecule has 0 amide bonds. The average Bonchev–Trinajstić information content (AvgIpc) is 1.54. The number of Topliss-reactive ketones (excluding diaryl/α,β-unsaturated/α-hetero) is 1. The number of carbonyl (C=O) groups is 3. The number of aliphatic hydroxyl groups excluding tert-OH is 1. The van der Waals surface area contributed by atoms with Gasteiger partial charge in [-0.3, -0.25) is 15.5 Å². The first-order chi connectivity index (χ1) is 47.1. The zero-order valence-corrected chi connectivity index (χ0v) is 60.6. The molecule has 3 aliphatic rings. The van der Waals surface area contributed by atoms with Crippen molar-refractivity contribution in [3.8, 4) is 17.2 Å². The van der Waals surface area contributed by atoms with Crippen LogP contribution in [0, 0.1) is 0 Å². The summed E-state index contributed by atoms with van der Waals surface area (Å²) in [6.45, 7) is 6.51. The monoisotopic (exact) mass is 1340 g/mol. The van der Waals surface area contributed by atoms with Crippen LogP contribution in [0.5, 0.6) is 17.2 Å². The van der Waals surface area contributed by atoms with Gasteiger partial charge in [-0.1, -0.05) is 340 Å². The first-order valence-electron chi connectivity index (χ1n) is 39.3. The normalized spacial score (nSPS) is 18.2. The Balaban J connectivity index is 1.17. The fraction of sp³-hybridized carbons (Fsp3) is 0.775. The van der Waals surface area contributed by atoms with Crippen molar-refractivity contribution in [3.63, 3.8) is 0 Å². The van der Waals surface area contributed by atoms with Gasteiger partial charge in [0.25, 0.3) is 0 Å². The fourth-order valence-electron chi connectivity index (χ4n) is 13.5. The number of fused-ring (bicyclic) bond motifs is 1. The summed E-state index contributed by atoms with van der Waals surface area (Å²) in [5, 5.41) is 22.3. The highest BCUT2D eigenvalue weighted by Crippen LogP contribution is 2.41. The largest absolute Gasteiger partial charge is 0.490 e. The number of nitrogens with zero attached hydrogens (tertiary/aromatic N) is 4. The van der Waals surface area contributed by atoms with Gasteiger partial charge in [0, 0.05) is 5.56 Å². The predicted molar refractivity (Wildman–Crippen MR) is 391 cm³/mol. The zero-order valence-electron chi connectivity index (χ0n) is 60.6. The molecule has 3 heterocycles. The summed E-state index contributed by atoms with van der Waals surface area (Å²) in [6.07, 6.45) is 59.5. The highest BCUT2D eigenvalue weighted by atomic mass is 16.7. The molecule has 0 radical (unpaired) electrons. The van der Waals surface area contributed by atoms with Crippen LogP contribution in [0.25, 0.3) is 0 Å². The molecule has 1 unspecified atom stereocenters. The first-order valence-corrected chi connectivity index (χ1v) is 39.3. The van der Waals surface area contributed by atoms with E-state index in [1.54, 1.807) is 47.4 Å². The second-order valence-corrected chi connectivity index (χ2v) is 27.9. The number of amidine groups is 1. The molecule has 2 aromatic rings. The van der Waals surface area contributed by atoms with E-state index in [9.17, 15) is 24.6 Å². The van der Waals surface area contributed by atoms with E-state index in [1.807, 2.05) is 0 Å². The Bertz CT molecular complexity index is 2420. The third-order valence-corrected chi connectivity index (χ3v) is 19.5. The molecule has 96 heavy (non-hydrogen) atoms. The van der Waals surface area contributed by atoms with E-state index < -0.39 is 54.7 Å². The summed E-state index contributed by atoms with van der Waals surface area (Å²) in [4.78, 5) is 56.2. The van der Waals surface area contributed by atoms with E-state index in [0.717, 1.165) is 57.8 Å². The molecular formula is C80H133N5O11. The van der Waals surface area contributed by atoms with Crippen LogP contribution >= 0.6 is 0 Å². The van der Waals surface area contributed by atoms with Gasteiger partial charge in [-0.2, -0.15) is 0 Å². The second-order valence-electron chi connectivity index (χ2n) is 27.9. The van der Waals surface area contributed by atoms with E-state index >= 15 is 0 Å². The summed E-state index contributed by atoms with van der Waals surface area (Å²) in [5.41, 5.74) is 5.34. The molecule has 4 N–H and O–H groups in total. The topological polar surface area (TPSA) is 213 Å². The summed E-state index contributed by atoms with van der Waals surface area (Å²) in [5.74, 6) is -3.28. The van der Waals surface area contributed by atoms with Crippen LogP contribution in [0.15, 0.2) is 57.4 Å². The Morgan fingerprint density at radius 3 is 1.29 bits per heavy atom. The molecule has 0 saturated carbocycles. The Kier molecular flexibility index (Phi) is 43.7. The van der Waals surface area contributed by atoms with Crippen molar-refractivity contribution in [1.29, 1.82) is 0 Å². The minimum Gasteiger partial charge on any atom is -0.490 e. The first kappa shape index (κ1) is 81.8. The van der Waals surface area contributed by atoms with Gasteiger partial charge in [0.1, 0.15) is 31.1 Å². The van der Waals surface area contributed by atoms with Crippen molar-refractivity contribution >= 4 is 35.6 Å². The van der Waals surface area contributed by atoms with Crippen LogP contribution in [0.2, 0.25) is 0 Å². The van der Waals surface area contributed by atoms with E-state index in [2.05, 4.69) is 35.7 Å². The maximum Gasteiger partial charge on any atom is 0.346 e. The lowest BCUT2D eigenvalue weighted by Crippen LogP contribution is -2.59. The summed E-state index contributed by atoms with van der Waals surface area (Å²) >= 11 is 0. The highest BCUT2D eigenvalue weighted by molar-refractivity contribution is 6.52. The van der Waals surface area contributed by atoms with Crippen LogP contribution in [0.1, 0.15) is 356 Å². The number of benzene rings is 2. The average molecular weight is 1340 g/mol. The minimum atomic E-state index is -2.35. The molecule has 16 nitrogen and oxygen atoms in total. The van der Waals surface area contributed by atoms with E-state index in [0.29, 0.717) is 42.6 Å². The molecule has 0 aliphatic carbocycles. The Morgan fingerprint density at radius 2 is 0.906 bits per heavy atom. The lowest BCUT2D eigenvalue weighted by molar-refractivity contribution is -0.233. The molecule has 1 fully saturated rings. The lowest BCUT2D eigenvalue weighted by atomic mass is 9.93. The maximum atomic E-state index is 14.2. The maximum absolute atomic E-state index is 14.2. The van der Waals surface area contributed by atoms with Crippen molar-refractivity contribution in [2.45, 2.75) is 359 Å². The number of esters is 2. The fourth-order valence-corrected chi connectivity index (χ4v) is 13.5. The molecule has 0 spiro atoms. The smallest absolute Gasteiger partial charge is 0.346 e. The number of aliphatic imine (C=N–C) groups is 3. The van der Waals surface area contributed by atoms with Crippen molar-refractivity contribution in [2.75, 3.05) is 39.7 Å². The van der Waals surface area contributed by atoms with Crippen molar-refractivity contribution in [3.05, 3.63) is 53.6 Å². The highest BCUT2D eigenvalue weighted by Gasteiger charge is 2.56. The SMILES string of the molecule is CCCCCCCCCCCCCCCCCCOc1cc(C(=O)OCC(=O)O[C@]2(O)C[C@H](N3CN=C4C3=NC=NC4(N)C(=O)c3ccccc3)O[C@@H]2CO)cc(OCCCCCCCCCCCCCCCCCC)c1OCCCCCCCCCCCCCCCCCC. The van der Waals surface area contributed by atoms with Crippen LogP contribution in [0.3, 0.4) is 0 Å². The number of unbranched alkanes of at least 4 members (excludes halogenated alkanes) is 45. The number of hydrogen-bond acceptors (Lipinski definition) is 16. The van der Waals surface area contributed by atoms with Gasteiger partial charge < -0.3 is 43.5 Å². The Labute approximate surface area is 581 Å². The molecule has 0 aromatic heterocycles. The number of ketones is 1. The van der Waals surface area contributed by atoms with Gasteiger partial charge in [0.05, 0.1) is 38.4 Å². The molecule has 1 saturated heterocycles. The summed E-state index contributed by atoms with van der Waals surface area (Å²) < 4.78 is 37.0. The van der Waals surface area contributed by atoms with Crippen LogP contribution < -0.4 is 19.9 Å². The number of rotatable bonds is 62. The van der Waals surface area contributed by atoms with Crippen LogP contribution in [-0.4, -0.2) is 114 Å². The summed E-state index contributed by atoms with van der Waals surface area (Å²) in [7, 11) is 0. The van der Waals surface area contributed by atoms with Gasteiger partial charge in [0.2, 0.25) is 23.0 Å². The van der Waals surface area contributed by atoms with Gasteiger partial charge in [-0.05, 0) is 31.4 Å². The van der Waals surface area contributed by atoms with Crippen molar-refractivity contribution < 1.29 is 53.0 Å². The number of hydrogen-bond donors (Lipinski definition) is 3. The quantitative estimate of drug-likeness (QED) is 0.0244. The zero-order chi connectivity index (χ0) is 68.4. The van der Waals surface area contributed by atoms with Gasteiger partial charge >= 0.3 is 11.9 Å². The number of nitrogens with two attached hydrogens (primary N) is 1. The minimum absolute atomic E-state index is 0.0667. The standard InChI is InChI=1S/C80H133N5O11/c1-4-7-10-13-16-19-22-25-28-31-34-37-40-43-46-52-57-91-69-60-68(78(89)94-64-73(87)96-79(90)62-72(95-71(79)63-86)85-66-83-75-77(85)82-65-84-80(75,81)76(88)67-55-50-49-51-56-67)61-70(92-58-53-47-44-41-38-35-32-29-26-23-20-17-14-11-8-5-2)74(69)93-59-54-48-45-42-39-36-33-30-27-24-21-18-15-12-9-6-3/h49-51,55-56,60-61,65,71-72,86,90H,4-48,52-54,57-59,62-64,66,81H2,1-3H3/t71-,72-,79-,80?/m1/s1. The van der Waals surface area contributed by atoms with E-state index in [-0.39, 0.29) is 30.2 Å². The molecule has 16 heteroatoms. The van der Waals surface area contributed by atoms with Crippen LogP contribution in [-0.2, 0) is 19.0 Å². The molecule has 3 aliphatic heterocycles. The molecule has 4 atom stereocenters. The van der Waals surface area contributed by atoms with E-state index in [4.69, 9.17) is 34.2 Å². The van der Waals surface area contributed by atoms with Gasteiger partial charge in [0.15, 0.2) is 23.9 Å². The van der Waals surface area contributed by atoms with Crippen molar-refractivity contribution in [1.82, 2.24) is 4.90 Å². The third-order valence-electron chi connectivity index (χ3n) is 19.5. The summed E-state index contributed by atoms with van der Waals surface area (Å²) in [6, 6.07) is 11.7. The number of carbonyl (C=O) groups excluding carboxylic acids is 3. The number of aliphatic hydroxyl groups is 2. The Hall–Kier alpha value is -4.90. The second kappa shape index (κ2) is 51.3. The Morgan fingerprint density at radius 1 is 0.531 bits per heavy atom. The molecular weight excluding hydrogens is 1210 g/mol.